The van der Waals surface area contributed by atoms with Crippen molar-refractivity contribution in [2.75, 3.05) is 13.7 Å². The number of carbonyl (C=O) groups excluding carboxylic acids is 2. The van der Waals surface area contributed by atoms with E-state index in [0.717, 1.165) is 23.5 Å². The first kappa shape index (κ1) is 16.2. The van der Waals surface area contributed by atoms with Crippen LogP contribution in [-0.2, 0) is 27.3 Å². The van der Waals surface area contributed by atoms with Gasteiger partial charge in [-0.25, -0.2) is 0 Å². The standard InChI is InChI=1S/C14H23N3O3/c1-9(2)8-17-11(4)12(10(3)16-17)6-13(18)15-7-14(19)20-5/h9H,6-8H2,1-5H3,(H,15,18). The summed E-state index contributed by atoms with van der Waals surface area (Å²) in [6.07, 6.45) is 0.229. The van der Waals surface area contributed by atoms with Crippen LogP contribution in [0.5, 0.6) is 0 Å². The van der Waals surface area contributed by atoms with Crippen LogP contribution in [0.1, 0.15) is 30.8 Å². The van der Waals surface area contributed by atoms with E-state index in [4.69, 9.17) is 0 Å². The van der Waals surface area contributed by atoms with Crippen molar-refractivity contribution in [2.24, 2.45) is 5.92 Å². The zero-order valence-electron chi connectivity index (χ0n) is 12.8. The maximum absolute atomic E-state index is 11.8. The third-order valence-electron chi connectivity index (χ3n) is 3.06. The Morgan fingerprint density at radius 1 is 1.35 bits per heavy atom. The molecule has 6 nitrogen and oxygen atoms in total. The molecule has 0 radical (unpaired) electrons. The van der Waals surface area contributed by atoms with Crippen LogP contribution in [0.25, 0.3) is 0 Å². The van der Waals surface area contributed by atoms with E-state index in [-0.39, 0.29) is 18.9 Å². The van der Waals surface area contributed by atoms with Crippen molar-refractivity contribution >= 4 is 11.9 Å². The van der Waals surface area contributed by atoms with Crippen molar-refractivity contribution in [3.63, 3.8) is 0 Å². The second-order valence-electron chi connectivity index (χ2n) is 5.25. The summed E-state index contributed by atoms with van der Waals surface area (Å²) in [4.78, 5) is 22.8. The summed E-state index contributed by atoms with van der Waals surface area (Å²) in [5.41, 5.74) is 2.79. The molecule has 1 rings (SSSR count). The zero-order chi connectivity index (χ0) is 15.3. The fraction of sp³-hybridized carbons (Fsp3) is 0.643. The predicted molar refractivity (Wildman–Crippen MR) is 75.3 cm³/mol. The number of hydrogen-bond acceptors (Lipinski definition) is 4. The number of aryl methyl sites for hydroxylation is 1. The number of hydrogen-bond donors (Lipinski definition) is 1. The van der Waals surface area contributed by atoms with E-state index in [9.17, 15) is 9.59 Å². The molecule has 1 aromatic rings. The molecule has 0 saturated heterocycles. The van der Waals surface area contributed by atoms with E-state index in [0.29, 0.717) is 5.92 Å². The normalized spacial score (nSPS) is 10.7. The Morgan fingerprint density at radius 2 is 2.00 bits per heavy atom. The number of nitrogens with zero attached hydrogens (tertiary/aromatic N) is 2. The molecule has 20 heavy (non-hydrogen) atoms. The Kier molecular flexibility index (Phi) is 5.73. The number of amides is 1. The van der Waals surface area contributed by atoms with E-state index in [1.807, 2.05) is 18.5 Å². The maximum Gasteiger partial charge on any atom is 0.325 e. The second kappa shape index (κ2) is 7.07. The summed E-state index contributed by atoms with van der Waals surface area (Å²) in [5.74, 6) is -0.165. The lowest BCUT2D eigenvalue weighted by molar-refractivity contribution is -0.141. The molecule has 0 fully saturated rings. The molecular formula is C14H23N3O3. The van der Waals surface area contributed by atoms with Gasteiger partial charge in [0.05, 0.1) is 19.2 Å². The third-order valence-corrected chi connectivity index (χ3v) is 3.06. The van der Waals surface area contributed by atoms with Gasteiger partial charge in [-0.15, -0.1) is 0 Å². The molecule has 0 spiro atoms. The summed E-state index contributed by atoms with van der Waals surface area (Å²) >= 11 is 0. The number of carbonyl (C=O) groups is 2. The van der Waals surface area contributed by atoms with Crippen molar-refractivity contribution in [1.29, 1.82) is 0 Å². The van der Waals surface area contributed by atoms with E-state index in [1.165, 1.54) is 7.11 Å². The van der Waals surface area contributed by atoms with Gasteiger partial charge in [-0.2, -0.15) is 5.10 Å². The highest BCUT2D eigenvalue weighted by Gasteiger charge is 2.16. The number of methoxy groups -OCH3 is 1. The van der Waals surface area contributed by atoms with Crippen LogP contribution in [0.3, 0.4) is 0 Å². The molecule has 0 aromatic carbocycles. The van der Waals surface area contributed by atoms with Crippen LogP contribution >= 0.6 is 0 Å². The van der Waals surface area contributed by atoms with Gasteiger partial charge in [0, 0.05) is 17.8 Å². The van der Waals surface area contributed by atoms with Crippen molar-refractivity contribution < 1.29 is 14.3 Å². The highest BCUT2D eigenvalue weighted by atomic mass is 16.5. The topological polar surface area (TPSA) is 73.2 Å². The molecule has 0 aliphatic carbocycles. The van der Waals surface area contributed by atoms with E-state index in [1.54, 1.807) is 0 Å². The Hall–Kier alpha value is -1.85. The Bertz CT molecular complexity index is 492. The third kappa shape index (κ3) is 4.36. The lowest BCUT2D eigenvalue weighted by Gasteiger charge is -2.08. The number of rotatable bonds is 6. The van der Waals surface area contributed by atoms with Crippen LogP contribution in [0, 0.1) is 19.8 Å². The summed E-state index contributed by atoms with van der Waals surface area (Å²) in [7, 11) is 1.29. The highest BCUT2D eigenvalue weighted by molar-refractivity contribution is 5.83. The molecule has 0 aliphatic heterocycles. The van der Waals surface area contributed by atoms with Gasteiger partial charge in [-0.3, -0.25) is 14.3 Å². The molecular weight excluding hydrogens is 258 g/mol. The predicted octanol–water partition coefficient (Wildman–Crippen LogP) is 0.988. The fourth-order valence-electron chi connectivity index (χ4n) is 1.98. The first-order valence-electron chi connectivity index (χ1n) is 6.71. The van der Waals surface area contributed by atoms with Crippen molar-refractivity contribution in [3.05, 3.63) is 17.0 Å². The number of nitrogens with one attached hydrogen (secondary N) is 1. The molecule has 1 N–H and O–H groups in total. The summed E-state index contributed by atoms with van der Waals surface area (Å²) in [6.45, 7) is 8.83. The van der Waals surface area contributed by atoms with Gasteiger partial charge in [0.25, 0.3) is 0 Å². The number of esters is 1. The van der Waals surface area contributed by atoms with Gasteiger partial charge in [0.15, 0.2) is 0 Å². The van der Waals surface area contributed by atoms with Gasteiger partial charge in [0.1, 0.15) is 6.54 Å². The molecule has 0 saturated carbocycles. The van der Waals surface area contributed by atoms with Crippen LogP contribution in [0.4, 0.5) is 0 Å². The van der Waals surface area contributed by atoms with Gasteiger partial charge >= 0.3 is 5.97 Å². The van der Waals surface area contributed by atoms with Crippen molar-refractivity contribution in [1.82, 2.24) is 15.1 Å². The van der Waals surface area contributed by atoms with Gasteiger partial charge in [-0.05, 0) is 19.8 Å². The van der Waals surface area contributed by atoms with Gasteiger partial charge in [0.2, 0.25) is 5.91 Å². The highest BCUT2D eigenvalue weighted by Crippen LogP contribution is 2.15. The van der Waals surface area contributed by atoms with Crippen molar-refractivity contribution in [2.45, 2.75) is 40.7 Å². The smallest absolute Gasteiger partial charge is 0.325 e. The first-order chi connectivity index (χ1) is 9.35. The fourth-order valence-corrected chi connectivity index (χ4v) is 1.98. The van der Waals surface area contributed by atoms with E-state index in [2.05, 4.69) is 29.0 Å². The molecule has 0 aliphatic rings. The minimum Gasteiger partial charge on any atom is -0.468 e. The summed E-state index contributed by atoms with van der Waals surface area (Å²) in [6, 6.07) is 0. The lowest BCUT2D eigenvalue weighted by atomic mass is 10.1. The number of aromatic nitrogens is 2. The SMILES string of the molecule is COC(=O)CNC(=O)Cc1c(C)nn(CC(C)C)c1C. The quantitative estimate of drug-likeness (QED) is 0.789. The number of ether oxygens (including phenoxy) is 1. The van der Waals surface area contributed by atoms with E-state index >= 15 is 0 Å². The van der Waals surface area contributed by atoms with E-state index < -0.39 is 5.97 Å². The molecule has 0 bridgehead atoms. The second-order valence-corrected chi connectivity index (χ2v) is 5.25. The molecule has 6 heteroatoms. The van der Waals surface area contributed by atoms with Crippen molar-refractivity contribution in [3.8, 4) is 0 Å². The summed E-state index contributed by atoms with van der Waals surface area (Å²) < 4.78 is 6.41. The molecule has 1 heterocycles. The minimum atomic E-state index is -0.456. The Labute approximate surface area is 119 Å². The van der Waals surface area contributed by atoms with Gasteiger partial charge in [-0.1, -0.05) is 13.8 Å². The minimum absolute atomic E-state index is 0.104. The van der Waals surface area contributed by atoms with Crippen LogP contribution < -0.4 is 5.32 Å². The lowest BCUT2D eigenvalue weighted by Crippen LogP contribution is -2.31. The monoisotopic (exact) mass is 281 g/mol. The Morgan fingerprint density at radius 3 is 2.55 bits per heavy atom. The van der Waals surface area contributed by atoms with Crippen LogP contribution in [0.2, 0.25) is 0 Å². The summed E-state index contributed by atoms with van der Waals surface area (Å²) in [5, 5.41) is 7.00. The Balaban J connectivity index is 2.70. The molecule has 1 aromatic heterocycles. The largest absolute Gasteiger partial charge is 0.468 e. The van der Waals surface area contributed by atoms with Crippen LogP contribution in [0.15, 0.2) is 0 Å². The van der Waals surface area contributed by atoms with Crippen LogP contribution in [-0.4, -0.2) is 35.3 Å². The average Bonchev–Trinajstić information content (AvgIpc) is 2.63. The molecule has 0 unspecified atom stereocenters. The first-order valence-corrected chi connectivity index (χ1v) is 6.71. The average molecular weight is 281 g/mol. The molecule has 112 valence electrons. The molecule has 0 atom stereocenters. The zero-order valence-corrected chi connectivity index (χ0v) is 12.8. The maximum atomic E-state index is 11.8. The van der Waals surface area contributed by atoms with Gasteiger partial charge < -0.3 is 10.1 Å². The molecule has 1 amide bonds.